The maximum Gasteiger partial charge on any atom is 0.239 e. The number of nitrogens with one attached hydrogen (secondary N) is 2. The molecule has 0 saturated carbocycles. The van der Waals surface area contributed by atoms with E-state index in [9.17, 15) is 14.9 Å². The quantitative estimate of drug-likeness (QED) is 0.746. The van der Waals surface area contributed by atoms with E-state index in [0.29, 0.717) is 29.6 Å². The van der Waals surface area contributed by atoms with Crippen molar-refractivity contribution in [2.24, 2.45) is 5.92 Å². The molecule has 1 unspecified atom stereocenters. The van der Waals surface area contributed by atoms with Gasteiger partial charge in [0.25, 0.3) is 0 Å². The van der Waals surface area contributed by atoms with Gasteiger partial charge >= 0.3 is 0 Å². The van der Waals surface area contributed by atoms with Crippen molar-refractivity contribution in [2.45, 2.75) is 52.5 Å². The first-order valence-corrected chi connectivity index (χ1v) is 11.6. The monoisotopic (exact) mass is 431 g/mol. The van der Waals surface area contributed by atoms with Gasteiger partial charge in [-0.05, 0) is 51.5 Å². The van der Waals surface area contributed by atoms with Gasteiger partial charge < -0.3 is 10.6 Å². The van der Waals surface area contributed by atoms with E-state index in [1.54, 1.807) is 11.3 Å². The number of carbonyl (C=O) groups excluding carboxylic acids is 2. The lowest BCUT2D eigenvalue weighted by Crippen LogP contribution is -2.52. The fourth-order valence-electron chi connectivity index (χ4n) is 4.09. The number of thiophene rings is 1. The van der Waals surface area contributed by atoms with E-state index in [2.05, 4.69) is 33.4 Å². The summed E-state index contributed by atoms with van der Waals surface area (Å²) in [6, 6.07) is 2.31. The third-order valence-electron chi connectivity index (χ3n) is 5.59. The largest absolute Gasteiger partial charge is 0.350 e. The normalized spacial score (nSPS) is 20.3. The van der Waals surface area contributed by atoms with Crippen molar-refractivity contribution in [3.05, 3.63) is 16.0 Å². The van der Waals surface area contributed by atoms with Crippen LogP contribution in [0.3, 0.4) is 0 Å². The van der Waals surface area contributed by atoms with Gasteiger partial charge in [-0.25, -0.2) is 0 Å². The zero-order valence-electron chi connectivity index (χ0n) is 18.5. The van der Waals surface area contributed by atoms with Crippen molar-refractivity contribution in [3.8, 4) is 6.07 Å². The summed E-state index contributed by atoms with van der Waals surface area (Å²) in [6.07, 6.45) is 3.02. The van der Waals surface area contributed by atoms with Crippen LogP contribution in [0, 0.1) is 17.2 Å². The van der Waals surface area contributed by atoms with Gasteiger partial charge in [-0.1, -0.05) is 6.92 Å². The molecule has 8 heteroatoms. The average molecular weight is 432 g/mol. The van der Waals surface area contributed by atoms with Crippen LogP contribution in [0.5, 0.6) is 0 Å². The molecule has 1 aliphatic carbocycles. The van der Waals surface area contributed by atoms with E-state index in [1.807, 2.05) is 20.8 Å². The second-order valence-electron chi connectivity index (χ2n) is 9.57. The molecule has 2 aliphatic rings. The van der Waals surface area contributed by atoms with Crippen molar-refractivity contribution in [2.75, 3.05) is 44.6 Å². The van der Waals surface area contributed by atoms with E-state index in [4.69, 9.17) is 0 Å². The lowest BCUT2D eigenvalue weighted by Gasteiger charge is -2.34. The van der Waals surface area contributed by atoms with Crippen LogP contribution in [0.15, 0.2) is 0 Å². The summed E-state index contributed by atoms with van der Waals surface area (Å²) in [5.41, 5.74) is 1.57. The van der Waals surface area contributed by atoms with E-state index in [-0.39, 0.29) is 17.4 Å². The first-order valence-electron chi connectivity index (χ1n) is 10.7. The Morgan fingerprint density at radius 3 is 2.30 bits per heavy atom. The maximum absolute atomic E-state index is 12.6. The molecule has 1 fully saturated rings. The summed E-state index contributed by atoms with van der Waals surface area (Å²) in [4.78, 5) is 30.2. The zero-order chi connectivity index (χ0) is 21.9. The lowest BCUT2D eigenvalue weighted by atomic mass is 9.89. The summed E-state index contributed by atoms with van der Waals surface area (Å²) in [6.45, 7) is 11.9. The van der Waals surface area contributed by atoms with Gasteiger partial charge in [-0.2, -0.15) is 5.26 Å². The van der Waals surface area contributed by atoms with Gasteiger partial charge in [0.15, 0.2) is 0 Å². The van der Waals surface area contributed by atoms with Crippen LogP contribution >= 0.6 is 11.3 Å². The number of hydrogen-bond acceptors (Lipinski definition) is 6. The number of anilines is 1. The molecule has 0 radical (unpaired) electrons. The minimum Gasteiger partial charge on any atom is -0.350 e. The predicted octanol–water partition coefficient (Wildman–Crippen LogP) is 2.22. The van der Waals surface area contributed by atoms with Gasteiger partial charge in [0.05, 0.1) is 18.7 Å². The summed E-state index contributed by atoms with van der Waals surface area (Å²) in [7, 11) is 0. The second kappa shape index (κ2) is 9.46. The summed E-state index contributed by atoms with van der Waals surface area (Å²) in [5.74, 6) is 0.596. The van der Waals surface area contributed by atoms with E-state index < -0.39 is 0 Å². The minimum absolute atomic E-state index is 0.0358. The molecule has 1 aliphatic heterocycles. The first-order chi connectivity index (χ1) is 14.1. The highest BCUT2D eigenvalue weighted by Crippen LogP contribution is 2.39. The minimum atomic E-state index is -0.224. The Morgan fingerprint density at radius 2 is 1.73 bits per heavy atom. The van der Waals surface area contributed by atoms with Crippen molar-refractivity contribution in [1.82, 2.24) is 15.1 Å². The van der Waals surface area contributed by atoms with Gasteiger partial charge in [0.1, 0.15) is 11.1 Å². The highest BCUT2D eigenvalue weighted by atomic mass is 32.1. The standard InChI is InChI=1S/C22H33N5O2S/c1-15-5-6-16-17(12-23)21(30-18(16)11-15)24-19(28)13-26-7-9-27(10-8-26)14-20(29)25-22(2,3)4/h15H,5-11,13-14H2,1-4H3,(H,24,28)(H,25,29). The zero-order valence-corrected chi connectivity index (χ0v) is 19.3. The molecular weight excluding hydrogens is 398 g/mol. The topological polar surface area (TPSA) is 88.5 Å². The average Bonchev–Trinajstić information content (AvgIpc) is 2.97. The number of fused-ring (bicyclic) bond motifs is 1. The molecule has 2 amide bonds. The Morgan fingerprint density at radius 1 is 1.13 bits per heavy atom. The molecule has 0 bridgehead atoms. The van der Waals surface area contributed by atoms with Crippen LogP contribution in [-0.2, 0) is 22.4 Å². The summed E-state index contributed by atoms with van der Waals surface area (Å²) in [5, 5.41) is 16.3. The van der Waals surface area contributed by atoms with Crippen LogP contribution in [0.1, 0.15) is 50.1 Å². The van der Waals surface area contributed by atoms with Crippen LogP contribution in [-0.4, -0.2) is 66.4 Å². The molecule has 1 aromatic heterocycles. The van der Waals surface area contributed by atoms with Crippen LogP contribution in [0.25, 0.3) is 0 Å². The third-order valence-corrected chi connectivity index (χ3v) is 6.76. The number of nitrogens with zero attached hydrogens (tertiary/aromatic N) is 3. The molecule has 1 aromatic rings. The van der Waals surface area contributed by atoms with E-state index in [0.717, 1.165) is 51.0 Å². The summed E-state index contributed by atoms with van der Waals surface area (Å²) >= 11 is 1.57. The fourth-order valence-corrected chi connectivity index (χ4v) is 5.47. The molecule has 2 N–H and O–H groups in total. The molecular formula is C22H33N5O2S. The van der Waals surface area contributed by atoms with Crippen molar-refractivity contribution >= 4 is 28.2 Å². The number of amides is 2. The Kier molecular flexibility index (Phi) is 7.17. The Bertz CT molecular complexity index is 828. The SMILES string of the molecule is CC1CCc2c(sc(NC(=O)CN3CCN(CC(=O)NC(C)(C)C)CC3)c2C#N)C1. The molecule has 7 nitrogen and oxygen atoms in total. The first kappa shape index (κ1) is 22.7. The molecule has 2 heterocycles. The number of nitriles is 1. The number of piperazine rings is 1. The van der Waals surface area contributed by atoms with Gasteiger partial charge in [0, 0.05) is 36.6 Å². The Balaban J connectivity index is 1.48. The molecule has 30 heavy (non-hydrogen) atoms. The van der Waals surface area contributed by atoms with E-state index in [1.165, 1.54) is 4.88 Å². The van der Waals surface area contributed by atoms with Crippen molar-refractivity contribution in [1.29, 1.82) is 5.26 Å². The van der Waals surface area contributed by atoms with Crippen LogP contribution in [0.2, 0.25) is 0 Å². The summed E-state index contributed by atoms with van der Waals surface area (Å²) < 4.78 is 0. The number of hydrogen-bond donors (Lipinski definition) is 2. The lowest BCUT2D eigenvalue weighted by molar-refractivity contribution is -0.124. The molecule has 1 saturated heterocycles. The second-order valence-corrected chi connectivity index (χ2v) is 10.7. The van der Waals surface area contributed by atoms with E-state index >= 15 is 0 Å². The maximum atomic E-state index is 12.6. The Hall–Kier alpha value is -1.95. The molecule has 3 rings (SSSR count). The van der Waals surface area contributed by atoms with Gasteiger partial charge in [-0.15, -0.1) is 11.3 Å². The molecule has 0 spiro atoms. The Labute approximate surface area is 183 Å². The molecule has 1 atom stereocenters. The highest BCUT2D eigenvalue weighted by Gasteiger charge is 2.26. The highest BCUT2D eigenvalue weighted by molar-refractivity contribution is 7.16. The number of rotatable bonds is 5. The third kappa shape index (κ3) is 6.03. The van der Waals surface area contributed by atoms with Crippen LogP contribution < -0.4 is 10.6 Å². The van der Waals surface area contributed by atoms with Gasteiger partial charge in [0.2, 0.25) is 11.8 Å². The van der Waals surface area contributed by atoms with Crippen molar-refractivity contribution in [3.63, 3.8) is 0 Å². The molecule has 164 valence electrons. The molecule has 0 aromatic carbocycles. The smallest absolute Gasteiger partial charge is 0.239 e. The van der Waals surface area contributed by atoms with Gasteiger partial charge in [-0.3, -0.25) is 19.4 Å². The van der Waals surface area contributed by atoms with Crippen LogP contribution in [0.4, 0.5) is 5.00 Å². The van der Waals surface area contributed by atoms with Crippen molar-refractivity contribution < 1.29 is 9.59 Å². The number of carbonyl (C=O) groups is 2. The fraction of sp³-hybridized carbons (Fsp3) is 0.682. The predicted molar refractivity (Wildman–Crippen MR) is 120 cm³/mol.